The summed E-state index contributed by atoms with van der Waals surface area (Å²) in [6.45, 7) is -0.205. The molecule has 80 valence electrons. The molecule has 2 rings (SSSR count). The molecule has 14 heavy (non-hydrogen) atoms. The fraction of sp³-hybridized carbons (Fsp3) is 0.857. The quantitative estimate of drug-likeness (QED) is 0.640. The normalized spacial score (nSPS) is 41.6. The van der Waals surface area contributed by atoms with Crippen molar-refractivity contribution in [2.24, 2.45) is 5.92 Å². The van der Waals surface area contributed by atoms with Crippen LogP contribution in [0.2, 0.25) is 0 Å². The minimum absolute atomic E-state index is 0.205. The van der Waals surface area contributed by atoms with Crippen LogP contribution in [0.3, 0.4) is 0 Å². The van der Waals surface area contributed by atoms with E-state index in [0.717, 1.165) is 0 Å². The molecule has 0 aromatic rings. The van der Waals surface area contributed by atoms with Crippen LogP contribution in [0, 0.1) is 5.92 Å². The van der Waals surface area contributed by atoms with Crippen LogP contribution in [0.1, 0.15) is 0 Å². The molecule has 1 aliphatic carbocycles. The van der Waals surface area contributed by atoms with Gasteiger partial charge in [-0.05, 0) is 0 Å². The second kappa shape index (κ2) is 2.83. The summed E-state index contributed by atoms with van der Waals surface area (Å²) in [5, 5.41) is 10.9. The van der Waals surface area contributed by atoms with Crippen LogP contribution >= 0.6 is 0 Å². The van der Waals surface area contributed by atoms with E-state index in [1.165, 1.54) is 0 Å². The lowest BCUT2D eigenvalue weighted by atomic mass is 10.3. The van der Waals surface area contributed by atoms with Crippen molar-refractivity contribution >= 4 is 5.97 Å². The molecule has 2 fully saturated rings. The summed E-state index contributed by atoms with van der Waals surface area (Å²) in [6, 6.07) is -1.91. The summed E-state index contributed by atoms with van der Waals surface area (Å²) in [7, 11) is 0. The van der Waals surface area contributed by atoms with Crippen molar-refractivity contribution in [1.82, 2.24) is 5.32 Å². The summed E-state index contributed by atoms with van der Waals surface area (Å²) < 4.78 is 41.4. The van der Waals surface area contributed by atoms with E-state index in [9.17, 15) is 18.0 Å². The first kappa shape index (κ1) is 9.72. The van der Waals surface area contributed by atoms with E-state index in [0.29, 0.717) is 0 Å². The number of rotatable bonds is 1. The van der Waals surface area contributed by atoms with Gasteiger partial charge < -0.3 is 9.84 Å². The van der Waals surface area contributed by atoms with Gasteiger partial charge in [-0.2, -0.15) is 13.2 Å². The van der Waals surface area contributed by atoms with Crippen LogP contribution < -0.4 is 5.32 Å². The summed E-state index contributed by atoms with van der Waals surface area (Å²) >= 11 is 0. The van der Waals surface area contributed by atoms with Crippen LogP contribution in [0.5, 0.6) is 0 Å². The number of nitrogens with one attached hydrogen (secondary N) is 1. The molecule has 1 saturated heterocycles. The maximum atomic E-state index is 12.2. The fourth-order valence-corrected chi connectivity index (χ4v) is 1.71. The molecule has 0 unspecified atom stereocenters. The molecule has 0 radical (unpaired) electrons. The van der Waals surface area contributed by atoms with Crippen LogP contribution in [0.4, 0.5) is 13.2 Å². The maximum Gasteiger partial charge on any atom is 0.395 e. The lowest BCUT2D eigenvalue weighted by Gasteiger charge is -2.18. The van der Waals surface area contributed by atoms with Gasteiger partial charge in [-0.1, -0.05) is 0 Å². The molecular weight excluding hydrogens is 203 g/mol. The van der Waals surface area contributed by atoms with Gasteiger partial charge in [0.15, 0.2) is 0 Å². The van der Waals surface area contributed by atoms with Crippen LogP contribution in [-0.2, 0) is 9.53 Å². The number of fused-ring (bicyclic) bond motifs is 1. The number of hydrogen-bond acceptors (Lipinski definition) is 3. The van der Waals surface area contributed by atoms with Crippen molar-refractivity contribution in [2.75, 3.05) is 6.61 Å². The first-order valence-corrected chi connectivity index (χ1v) is 4.08. The van der Waals surface area contributed by atoms with Gasteiger partial charge in [0.2, 0.25) is 0 Å². The topological polar surface area (TPSA) is 58.6 Å². The zero-order valence-electron chi connectivity index (χ0n) is 6.91. The third kappa shape index (κ3) is 1.46. The van der Waals surface area contributed by atoms with Crippen molar-refractivity contribution in [3.05, 3.63) is 0 Å². The van der Waals surface area contributed by atoms with E-state index in [2.05, 4.69) is 5.32 Å². The minimum Gasteiger partial charge on any atom is -0.480 e. The highest BCUT2D eigenvalue weighted by Gasteiger charge is 2.67. The number of aliphatic carboxylic acids is 1. The Morgan fingerprint density at radius 3 is 2.64 bits per heavy atom. The van der Waals surface area contributed by atoms with Crippen molar-refractivity contribution in [3.8, 4) is 0 Å². The summed E-state index contributed by atoms with van der Waals surface area (Å²) in [5.74, 6) is -2.73. The number of morpholine rings is 1. The fourth-order valence-electron chi connectivity index (χ4n) is 1.71. The molecule has 0 aromatic heterocycles. The van der Waals surface area contributed by atoms with Gasteiger partial charge in [0.05, 0.1) is 12.7 Å². The van der Waals surface area contributed by atoms with E-state index in [-0.39, 0.29) is 6.61 Å². The molecule has 4 atom stereocenters. The zero-order valence-corrected chi connectivity index (χ0v) is 6.91. The number of carboxylic acids is 1. The number of hydrogen-bond donors (Lipinski definition) is 2. The van der Waals surface area contributed by atoms with Crippen LogP contribution in [0.15, 0.2) is 0 Å². The summed E-state index contributed by atoms with van der Waals surface area (Å²) in [4.78, 5) is 10.5. The molecule has 1 heterocycles. The molecule has 7 heteroatoms. The molecule has 0 bridgehead atoms. The molecule has 2 aliphatic rings. The van der Waals surface area contributed by atoms with Gasteiger partial charge in [0.25, 0.3) is 0 Å². The Kier molecular flexibility index (Phi) is 1.97. The number of carbonyl (C=O) groups is 1. The van der Waals surface area contributed by atoms with Gasteiger partial charge in [0, 0.05) is 6.04 Å². The van der Waals surface area contributed by atoms with E-state index in [1.807, 2.05) is 0 Å². The standard InChI is InChI=1S/C7H8F3NO3/c8-7(9,10)3-4-5(3)14-1-2(11-4)6(12)13/h2-5,11H,1H2,(H,12,13)/t2-,3-,4-,5+/m0/s1. The molecule has 0 spiro atoms. The molecule has 2 N–H and O–H groups in total. The number of alkyl halides is 3. The monoisotopic (exact) mass is 211 g/mol. The Bertz CT molecular complexity index is 267. The highest BCUT2D eigenvalue weighted by atomic mass is 19.4. The Labute approximate surface area is 77.0 Å². The second-order valence-electron chi connectivity index (χ2n) is 3.45. The minimum atomic E-state index is -4.31. The Hall–Kier alpha value is -0.820. The molecule has 1 aliphatic heterocycles. The first-order valence-electron chi connectivity index (χ1n) is 4.08. The summed E-state index contributed by atoms with van der Waals surface area (Å²) in [5.41, 5.74) is 0. The van der Waals surface area contributed by atoms with Crippen LogP contribution in [-0.4, -0.2) is 42.0 Å². The van der Waals surface area contributed by atoms with E-state index in [1.54, 1.807) is 0 Å². The average molecular weight is 211 g/mol. The van der Waals surface area contributed by atoms with E-state index < -0.39 is 36.3 Å². The summed E-state index contributed by atoms with van der Waals surface area (Å²) in [6.07, 6.45) is -5.21. The maximum absolute atomic E-state index is 12.2. The Balaban J connectivity index is 1.98. The van der Waals surface area contributed by atoms with Gasteiger partial charge in [-0.15, -0.1) is 0 Å². The van der Waals surface area contributed by atoms with Gasteiger partial charge >= 0.3 is 12.1 Å². The number of ether oxygens (including phenoxy) is 1. The number of carboxylic acid groups (broad SMARTS) is 1. The molecule has 1 saturated carbocycles. The first-order chi connectivity index (χ1) is 6.41. The van der Waals surface area contributed by atoms with Gasteiger partial charge in [-0.3, -0.25) is 10.1 Å². The highest BCUT2D eigenvalue weighted by Crippen LogP contribution is 2.48. The number of halogens is 3. The van der Waals surface area contributed by atoms with E-state index >= 15 is 0 Å². The molecule has 0 amide bonds. The van der Waals surface area contributed by atoms with Gasteiger partial charge in [0.1, 0.15) is 12.0 Å². The predicted octanol–water partition coefficient (Wildman–Crippen LogP) is -0.0113. The zero-order chi connectivity index (χ0) is 10.5. The third-order valence-corrected chi connectivity index (χ3v) is 2.48. The Morgan fingerprint density at radius 1 is 1.50 bits per heavy atom. The van der Waals surface area contributed by atoms with E-state index in [4.69, 9.17) is 9.84 Å². The third-order valence-electron chi connectivity index (χ3n) is 2.48. The smallest absolute Gasteiger partial charge is 0.395 e. The second-order valence-corrected chi connectivity index (χ2v) is 3.45. The van der Waals surface area contributed by atoms with Crippen molar-refractivity contribution in [3.63, 3.8) is 0 Å². The average Bonchev–Trinajstić information content (AvgIpc) is 2.74. The molecule has 0 aromatic carbocycles. The van der Waals surface area contributed by atoms with Crippen molar-refractivity contribution in [1.29, 1.82) is 0 Å². The SMILES string of the molecule is O=C(O)[C@@H]1CO[C@H]2[C@@H](N1)[C@@H]2C(F)(F)F. The molecular formula is C7H8F3NO3. The predicted molar refractivity (Wildman–Crippen MR) is 37.6 cm³/mol. The lowest BCUT2D eigenvalue weighted by molar-refractivity contribution is -0.156. The highest BCUT2D eigenvalue weighted by molar-refractivity contribution is 5.74. The van der Waals surface area contributed by atoms with Crippen molar-refractivity contribution in [2.45, 2.75) is 24.4 Å². The largest absolute Gasteiger partial charge is 0.480 e. The van der Waals surface area contributed by atoms with Crippen LogP contribution in [0.25, 0.3) is 0 Å². The van der Waals surface area contributed by atoms with Gasteiger partial charge in [-0.25, -0.2) is 0 Å². The Morgan fingerprint density at radius 2 is 2.14 bits per heavy atom. The molecule has 4 nitrogen and oxygen atoms in total. The van der Waals surface area contributed by atoms with Crippen molar-refractivity contribution < 1.29 is 27.8 Å². The lowest BCUT2D eigenvalue weighted by Crippen LogP contribution is -2.46.